The molecule has 3 heterocycles. The number of piperidine rings is 1. The number of phenolic OH excluding ortho intramolecular Hbond substituents is 1. The first-order valence-electron chi connectivity index (χ1n) is 11.0. The largest absolute Gasteiger partial charge is 0.507 e. The summed E-state index contributed by atoms with van der Waals surface area (Å²) in [5.41, 5.74) is 0.294. The predicted octanol–water partition coefficient (Wildman–Crippen LogP) is 4.91. The van der Waals surface area contributed by atoms with E-state index in [2.05, 4.69) is 10.1 Å². The zero-order chi connectivity index (χ0) is 24.9. The maximum Gasteiger partial charge on any atom is 0.416 e. The van der Waals surface area contributed by atoms with Crippen LogP contribution in [0.25, 0.3) is 22.3 Å². The van der Waals surface area contributed by atoms with Crippen molar-refractivity contribution < 1.29 is 27.9 Å². The van der Waals surface area contributed by atoms with E-state index in [1.54, 1.807) is 21.7 Å². The lowest BCUT2D eigenvalue weighted by atomic mass is 10.00. The number of benzene rings is 1. The number of carbonyl (C=O) groups is 2. The van der Waals surface area contributed by atoms with Crippen molar-refractivity contribution in [3.8, 4) is 17.0 Å². The first kappa shape index (κ1) is 23.7. The zero-order valence-corrected chi connectivity index (χ0v) is 19.3. The molecule has 0 radical (unpaired) electrons. The second-order valence-corrected chi connectivity index (χ2v) is 8.93. The van der Waals surface area contributed by atoms with E-state index in [-0.39, 0.29) is 46.2 Å². The number of fused-ring (bicyclic) bond motifs is 1. The SMILES string of the molecule is CC(=O)c1c2ccc(-c3c(C)cc(C(F)(F)F)cc3O)nc2nn1C1CCC(=O)N(C(C)C)C1. The Morgan fingerprint density at radius 3 is 2.53 bits per heavy atom. The van der Waals surface area contributed by atoms with Crippen LogP contribution in [0, 0.1) is 6.92 Å². The van der Waals surface area contributed by atoms with Crippen molar-refractivity contribution in [3.63, 3.8) is 0 Å². The van der Waals surface area contributed by atoms with Crippen LogP contribution in [0.4, 0.5) is 13.2 Å². The van der Waals surface area contributed by atoms with E-state index in [0.29, 0.717) is 36.5 Å². The summed E-state index contributed by atoms with van der Waals surface area (Å²) < 4.78 is 40.9. The summed E-state index contributed by atoms with van der Waals surface area (Å²) in [6.45, 7) is 7.17. The molecule has 4 rings (SSSR count). The van der Waals surface area contributed by atoms with Gasteiger partial charge in [-0.25, -0.2) is 4.98 Å². The molecule has 1 N–H and O–H groups in total. The monoisotopic (exact) mass is 474 g/mol. The summed E-state index contributed by atoms with van der Waals surface area (Å²) in [5, 5.41) is 15.4. The van der Waals surface area contributed by atoms with Gasteiger partial charge in [0, 0.05) is 31.5 Å². The van der Waals surface area contributed by atoms with Gasteiger partial charge >= 0.3 is 6.18 Å². The number of aryl methyl sites for hydroxylation is 1. The fourth-order valence-corrected chi connectivity index (χ4v) is 4.56. The molecule has 34 heavy (non-hydrogen) atoms. The molecule has 1 amide bonds. The molecule has 1 aliphatic heterocycles. The summed E-state index contributed by atoms with van der Waals surface area (Å²) in [5.74, 6) is -0.691. The number of hydrogen-bond donors (Lipinski definition) is 1. The number of nitrogens with zero attached hydrogens (tertiary/aromatic N) is 4. The van der Waals surface area contributed by atoms with Crippen LogP contribution in [0.1, 0.15) is 61.3 Å². The molecule has 1 aliphatic rings. The number of aromatic hydroxyl groups is 1. The van der Waals surface area contributed by atoms with Gasteiger partial charge in [0.05, 0.1) is 22.7 Å². The van der Waals surface area contributed by atoms with Gasteiger partial charge in [-0.15, -0.1) is 0 Å². The molecule has 1 aromatic carbocycles. The highest BCUT2D eigenvalue weighted by atomic mass is 19.4. The standard InChI is InChI=1S/C24H25F3N4O3/c1-12(2)30-11-16(5-8-20(30)34)31-22(14(4)32)17-6-7-18(28-23(17)29-31)21-13(3)9-15(10-19(21)33)24(25,26)27/h6-7,9-10,12,16,33H,5,8,11H2,1-4H3. The first-order chi connectivity index (χ1) is 15.9. The van der Waals surface area contributed by atoms with E-state index in [0.717, 1.165) is 6.07 Å². The van der Waals surface area contributed by atoms with Gasteiger partial charge < -0.3 is 10.0 Å². The smallest absolute Gasteiger partial charge is 0.416 e. The number of alkyl halides is 3. The molecule has 180 valence electrons. The van der Waals surface area contributed by atoms with Crippen LogP contribution in [0.3, 0.4) is 0 Å². The van der Waals surface area contributed by atoms with Crippen molar-refractivity contribution in [2.75, 3.05) is 6.54 Å². The van der Waals surface area contributed by atoms with Gasteiger partial charge in [-0.2, -0.15) is 18.3 Å². The Bertz CT molecular complexity index is 1270. The number of hydrogen-bond acceptors (Lipinski definition) is 5. The highest BCUT2D eigenvalue weighted by Crippen LogP contribution is 2.39. The fraction of sp³-hybridized carbons (Fsp3) is 0.417. The number of rotatable bonds is 4. The number of carbonyl (C=O) groups excluding carboxylic acids is 2. The van der Waals surface area contributed by atoms with Crippen LogP contribution in [0.2, 0.25) is 0 Å². The van der Waals surface area contributed by atoms with Crippen molar-refractivity contribution in [1.29, 1.82) is 0 Å². The molecule has 10 heteroatoms. The van der Waals surface area contributed by atoms with Crippen molar-refractivity contribution >= 4 is 22.7 Å². The third kappa shape index (κ3) is 4.12. The number of Topliss-reactive ketones (excluding diaryl/α,β-unsaturated/α-hetero) is 1. The van der Waals surface area contributed by atoms with Gasteiger partial charge in [0.1, 0.15) is 11.4 Å². The topological polar surface area (TPSA) is 88.3 Å². The van der Waals surface area contributed by atoms with Gasteiger partial charge in [0.2, 0.25) is 5.91 Å². The maximum atomic E-state index is 13.1. The Morgan fingerprint density at radius 2 is 1.94 bits per heavy atom. The van der Waals surface area contributed by atoms with Crippen LogP contribution in [0.5, 0.6) is 5.75 Å². The average Bonchev–Trinajstić information content (AvgIpc) is 3.11. The van der Waals surface area contributed by atoms with Gasteiger partial charge in [-0.05, 0) is 57.0 Å². The van der Waals surface area contributed by atoms with Gasteiger partial charge in [0.15, 0.2) is 11.4 Å². The molecule has 1 fully saturated rings. The molecule has 3 aromatic rings. The lowest BCUT2D eigenvalue weighted by Gasteiger charge is -2.35. The third-order valence-corrected chi connectivity index (χ3v) is 6.18. The lowest BCUT2D eigenvalue weighted by Crippen LogP contribution is -2.45. The minimum atomic E-state index is -4.58. The molecule has 0 saturated carbocycles. The molecular weight excluding hydrogens is 449 g/mol. The Labute approximate surface area is 194 Å². The summed E-state index contributed by atoms with van der Waals surface area (Å²) in [6.07, 6.45) is -3.71. The number of halogens is 3. The van der Waals surface area contributed by atoms with Crippen molar-refractivity contribution in [2.45, 2.75) is 58.8 Å². The predicted molar refractivity (Wildman–Crippen MR) is 119 cm³/mol. The third-order valence-electron chi connectivity index (χ3n) is 6.18. The zero-order valence-electron chi connectivity index (χ0n) is 19.3. The number of amides is 1. The van der Waals surface area contributed by atoms with Crippen LogP contribution < -0.4 is 0 Å². The molecule has 1 atom stereocenters. The average molecular weight is 474 g/mol. The van der Waals surface area contributed by atoms with Crippen LogP contribution in [-0.4, -0.2) is 49.0 Å². The summed E-state index contributed by atoms with van der Waals surface area (Å²) >= 11 is 0. The Balaban J connectivity index is 1.81. The minimum Gasteiger partial charge on any atom is -0.507 e. The van der Waals surface area contributed by atoms with Crippen molar-refractivity contribution in [1.82, 2.24) is 19.7 Å². The molecule has 2 aromatic heterocycles. The Morgan fingerprint density at radius 1 is 1.24 bits per heavy atom. The molecule has 0 aliphatic carbocycles. The van der Waals surface area contributed by atoms with Crippen LogP contribution in [0.15, 0.2) is 24.3 Å². The maximum absolute atomic E-state index is 13.1. The number of phenols is 1. The molecule has 1 saturated heterocycles. The number of pyridine rings is 1. The van der Waals surface area contributed by atoms with E-state index < -0.39 is 17.5 Å². The molecule has 7 nitrogen and oxygen atoms in total. The Kier molecular flexibility index (Phi) is 5.87. The van der Waals surface area contributed by atoms with Gasteiger partial charge in [-0.3, -0.25) is 14.3 Å². The fourth-order valence-electron chi connectivity index (χ4n) is 4.56. The molecule has 1 unspecified atom stereocenters. The number of ketones is 1. The lowest BCUT2D eigenvalue weighted by molar-refractivity contribution is -0.138. The summed E-state index contributed by atoms with van der Waals surface area (Å²) in [6, 6.07) is 4.63. The summed E-state index contributed by atoms with van der Waals surface area (Å²) in [7, 11) is 0. The second kappa shape index (κ2) is 8.41. The second-order valence-electron chi connectivity index (χ2n) is 8.93. The molecular formula is C24H25F3N4O3. The number of aromatic nitrogens is 3. The number of likely N-dealkylation sites (tertiary alicyclic amines) is 1. The van der Waals surface area contributed by atoms with Crippen molar-refractivity contribution in [3.05, 3.63) is 41.1 Å². The quantitative estimate of drug-likeness (QED) is 0.543. The minimum absolute atomic E-state index is 0.0106. The van der Waals surface area contributed by atoms with E-state index in [1.807, 2.05) is 13.8 Å². The molecule has 0 spiro atoms. The van der Waals surface area contributed by atoms with Gasteiger partial charge in [-0.1, -0.05) is 0 Å². The Hall–Kier alpha value is -3.43. The molecule has 0 bridgehead atoms. The van der Waals surface area contributed by atoms with Crippen LogP contribution >= 0.6 is 0 Å². The van der Waals surface area contributed by atoms with E-state index in [1.165, 1.54) is 13.8 Å². The van der Waals surface area contributed by atoms with E-state index >= 15 is 0 Å². The highest BCUT2D eigenvalue weighted by molar-refractivity contribution is 6.04. The van der Waals surface area contributed by atoms with E-state index in [4.69, 9.17) is 0 Å². The summed E-state index contributed by atoms with van der Waals surface area (Å²) in [4.78, 5) is 31.1. The van der Waals surface area contributed by atoms with Crippen molar-refractivity contribution in [2.24, 2.45) is 0 Å². The van der Waals surface area contributed by atoms with Crippen LogP contribution in [-0.2, 0) is 11.0 Å². The van der Waals surface area contributed by atoms with E-state index in [9.17, 15) is 27.9 Å². The normalized spacial score (nSPS) is 17.1. The highest BCUT2D eigenvalue weighted by Gasteiger charge is 2.33. The van der Waals surface area contributed by atoms with Gasteiger partial charge in [0.25, 0.3) is 0 Å². The first-order valence-corrected chi connectivity index (χ1v) is 11.0.